The van der Waals surface area contributed by atoms with Gasteiger partial charge < -0.3 is 4.74 Å². The number of rotatable bonds is 5. The quantitative estimate of drug-likeness (QED) is 0.602. The minimum absolute atomic E-state index is 0.114. The molecule has 0 aliphatic heterocycles. The van der Waals surface area contributed by atoms with Crippen LogP contribution >= 0.6 is 0 Å². The van der Waals surface area contributed by atoms with Crippen molar-refractivity contribution >= 4 is 6.08 Å². The van der Waals surface area contributed by atoms with Crippen molar-refractivity contribution < 1.29 is 4.74 Å². The zero-order chi connectivity index (χ0) is 15.2. The number of hydrogen-bond acceptors (Lipinski definition) is 1. The molecule has 0 unspecified atom stereocenters. The first-order valence-corrected chi connectivity index (χ1v) is 7.36. The zero-order valence-electron chi connectivity index (χ0n) is 12.4. The lowest BCUT2D eigenvalue weighted by Gasteiger charge is -2.20. The van der Waals surface area contributed by atoms with Crippen LogP contribution in [0.3, 0.4) is 0 Å². The largest absolute Gasteiger partial charge is 0.481 e. The summed E-state index contributed by atoms with van der Waals surface area (Å²) in [5.41, 5.74) is 3.37. The topological polar surface area (TPSA) is 9.23 Å². The van der Waals surface area contributed by atoms with Crippen molar-refractivity contribution in [2.75, 3.05) is 0 Å². The summed E-state index contributed by atoms with van der Waals surface area (Å²) in [6, 6.07) is 28.5. The summed E-state index contributed by atoms with van der Waals surface area (Å²) >= 11 is 0. The molecular weight excluding hydrogens is 268 g/mol. The van der Waals surface area contributed by atoms with Gasteiger partial charge in [0.2, 0.25) is 0 Å². The molecule has 0 fully saturated rings. The number of hydrogen-bond donors (Lipinski definition) is 0. The van der Waals surface area contributed by atoms with Gasteiger partial charge in [0, 0.05) is 0 Å². The molecule has 0 heterocycles. The summed E-state index contributed by atoms with van der Waals surface area (Å²) in [6.45, 7) is 3.78. The van der Waals surface area contributed by atoms with Crippen LogP contribution in [-0.4, -0.2) is 0 Å². The summed E-state index contributed by atoms with van der Waals surface area (Å²) in [4.78, 5) is 0. The average molecular weight is 286 g/mol. The maximum absolute atomic E-state index is 6.25. The SMILES string of the molecule is C=Cc1ccc(OC(c2ccccc2)c2ccccc2)cc1. The molecule has 0 aromatic heterocycles. The maximum atomic E-state index is 6.25. The van der Waals surface area contributed by atoms with Crippen molar-refractivity contribution in [3.8, 4) is 5.75 Å². The van der Waals surface area contributed by atoms with Crippen LogP contribution in [0, 0.1) is 0 Å². The Bertz CT molecular complexity index is 675. The van der Waals surface area contributed by atoms with E-state index in [9.17, 15) is 0 Å². The van der Waals surface area contributed by atoms with Crippen LogP contribution in [0.4, 0.5) is 0 Å². The fourth-order valence-corrected chi connectivity index (χ4v) is 2.40. The van der Waals surface area contributed by atoms with Crippen molar-refractivity contribution in [1.29, 1.82) is 0 Å². The van der Waals surface area contributed by atoms with Crippen LogP contribution in [-0.2, 0) is 0 Å². The second-order valence-corrected chi connectivity index (χ2v) is 5.09. The summed E-state index contributed by atoms with van der Waals surface area (Å²) < 4.78 is 6.25. The van der Waals surface area contributed by atoms with E-state index in [1.165, 1.54) is 0 Å². The van der Waals surface area contributed by atoms with E-state index in [1.807, 2.05) is 66.7 Å². The zero-order valence-corrected chi connectivity index (χ0v) is 12.4. The summed E-state index contributed by atoms with van der Waals surface area (Å²) in [5, 5.41) is 0. The molecule has 0 saturated carbocycles. The Balaban J connectivity index is 1.93. The number of ether oxygens (including phenoxy) is 1. The molecule has 3 aromatic rings. The van der Waals surface area contributed by atoms with Gasteiger partial charge in [0.05, 0.1) is 0 Å². The second-order valence-electron chi connectivity index (χ2n) is 5.09. The van der Waals surface area contributed by atoms with Crippen molar-refractivity contribution in [3.05, 3.63) is 108 Å². The molecule has 0 N–H and O–H groups in total. The fraction of sp³-hybridized carbons (Fsp3) is 0.0476. The predicted octanol–water partition coefficient (Wildman–Crippen LogP) is 5.50. The maximum Gasteiger partial charge on any atom is 0.149 e. The molecule has 0 saturated heterocycles. The van der Waals surface area contributed by atoms with Gasteiger partial charge in [0.25, 0.3) is 0 Å². The van der Waals surface area contributed by atoms with Gasteiger partial charge in [-0.1, -0.05) is 85.5 Å². The normalized spacial score (nSPS) is 10.4. The lowest BCUT2D eigenvalue weighted by Crippen LogP contribution is -2.09. The van der Waals surface area contributed by atoms with Crippen LogP contribution in [0.25, 0.3) is 6.08 Å². The van der Waals surface area contributed by atoms with E-state index in [2.05, 4.69) is 30.8 Å². The molecule has 22 heavy (non-hydrogen) atoms. The van der Waals surface area contributed by atoms with Gasteiger partial charge >= 0.3 is 0 Å². The van der Waals surface area contributed by atoms with E-state index in [1.54, 1.807) is 0 Å². The minimum atomic E-state index is -0.114. The monoisotopic (exact) mass is 286 g/mol. The van der Waals surface area contributed by atoms with Gasteiger partial charge in [0.15, 0.2) is 0 Å². The van der Waals surface area contributed by atoms with E-state index < -0.39 is 0 Å². The Kier molecular flexibility index (Phi) is 4.35. The van der Waals surface area contributed by atoms with Gasteiger partial charge in [-0.2, -0.15) is 0 Å². The van der Waals surface area contributed by atoms with E-state index in [-0.39, 0.29) is 6.10 Å². The Morgan fingerprint density at radius 2 is 1.18 bits per heavy atom. The van der Waals surface area contributed by atoms with E-state index in [0.29, 0.717) is 0 Å². The van der Waals surface area contributed by atoms with Crippen LogP contribution in [0.1, 0.15) is 22.8 Å². The molecule has 0 spiro atoms. The van der Waals surface area contributed by atoms with Gasteiger partial charge in [-0.25, -0.2) is 0 Å². The van der Waals surface area contributed by atoms with E-state index in [0.717, 1.165) is 22.4 Å². The van der Waals surface area contributed by atoms with Crippen LogP contribution in [0.2, 0.25) is 0 Å². The summed E-state index contributed by atoms with van der Waals surface area (Å²) in [5.74, 6) is 0.850. The lowest BCUT2D eigenvalue weighted by molar-refractivity contribution is 0.247. The second kappa shape index (κ2) is 6.77. The average Bonchev–Trinajstić information content (AvgIpc) is 2.62. The molecule has 0 radical (unpaired) electrons. The van der Waals surface area contributed by atoms with Gasteiger partial charge in [0.1, 0.15) is 11.9 Å². The van der Waals surface area contributed by atoms with Crippen LogP contribution in [0.15, 0.2) is 91.5 Å². The molecule has 0 aliphatic carbocycles. The Morgan fingerprint density at radius 1 is 0.682 bits per heavy atom. The summed E-state index contributed by atoms with van der Waals surface area (Å²) in [7, 11) is 0. The van der Waals surface area contributed by atoms with Crippen LogP contribution in [0.5, 0.6) is 5.75 Å². The lowest BCUT2D eigenvalue weighted by atomic mass is 10.0. The molecule has 108 valence electrons. The van der Waals surface area contributed by atoms with Crippen molar-refractivity contribution in [2.24, 2.45) is 0 Å². The number of benzene rings is 3. The third-order valence-corrected chi connectivity index (χ3v) is 3.57. The standard InChI is InChI=1S/C21H18O/c1-2-17-13-15-20(16-14-17)22-21(18-9-5-3-6-10-18)19-11-7-4-8-12-19/h2-16,21H,1H2. The first-order chi connectivity index (χ1) is 10.9. The van der Waals surface area contributed by atoms with Gasteiger partial charge in [-0.05, 0) is 28.8 Å². The van der Waals surface area contributed by atoms with Crippen molar-refractivity contribution in [2.45, 2.75) is 6.10 Å². The highest BCUT2D eigenvalue weighted by atomic mass is 16.5. The van der Waals surface area contributed by atoms with Gasteiger partial charge in [-0.3, -0.25) is 0 Å². The first-order valence-electron chi connectivity index (χ1n) is 7.36. The molecule has 3 aromatic carbocycles. The molecule has 1 nitrogen and oxygen atoms in total. The third kappa shape index (κ3) is 3.26. The van der Waals surface area contributed by atoms with E-state index >= 15 is 0 Å². The highest BCUT2D eigenvalue weighted by Gasteiger charge is 2.15. The smallest absolute Gasteiger partial charge is 0.149 e. The molecule has 1 heteroatoms. The Morgan fingerprint density at radius 3 is 1.64 bits per heavy atom. The summed E-state index contributed by atoms with van der Waals surface area (Å²) in [6.07, 6.45) is 1.72. The molecule has 0 bridgehead atoms. The van der Waals surface area contributed by atoms with Crippen molar-refractivity contribution in [1.82, 2.24) is 0 Å². The molecule has 0 aliphatic rings. The molecule has 3 rings (SSSR count). The highest BCUT2D eigenvalue weighted by Crippen LogP contribution is 2.28. The Hall–Kier alpha value is -2.80. The van der Waals surface area contributed by atoms with Crippen molar-refractivity contribution in [3.63, 3.8) is 0 Å². The molecule has 0 atom stereocenters. The third-order valence-electron chi connectivity index (χ3n) is 3.57. The highest BCUT2D eigenvalue weighted by molar-refractivity contribution is 5.48. The van der Waals surface area contributed by atoms with Crippen LogP contribution < -0.4 is 4.74 Å². The minimum Gasteiger partial charge on any atom is -0.481 e. The first kappa shape index (κ1) is 14.2. The Labute approximate surface area is 131 Å². The fourth-order valence-electron chi connectivity index (χ4n) is 2.40. The molecule has 0 amide bonds. The van der Waals surface area contributed by atoms with Gasteiger partial charge in [-0.15, -0.1) is 0 Å². The predicted molar refractivity (Wildman–Crippen MR) is 91.9 cm³/mol. The molecular formula is C21H18O. The van der Waals surface area contributed by atoms with E-state index in [4.69, 9.17) is 4.74 Å².